The van der Waals surface area contributed by atoms with E-state index in [1.807, 2.05) is 56.3 Å². The average molecular weight is 957 g/mol. The first kappa shape index (κ1) is 60.0. The maximum atomic E-state index is 5.07. The molecule has 0 saturated carbocycles. The second-order valence-electron chi connectivity index (χ2n) is 15.7. The minimum absolute atomic E-state index is 0.456. The number of furan rings is 1. The summed E-state index contributed by atoms with van der Waals surface area (Å²) in [5, 5.41) is 28.9. The average Bonchev–Trinajstić information content (AvgIpc) is 4.21. The summed E-state index contributed by atoms with van der Waals surface area (Å²) in [6.45, 7) is 25.0. The molecule has 0 radical (unpaired) electrons. The molecule has 17 nitrogen and oxygen atoms in total. The van der Waals surface area contributed by atoms with Crippen molar-refractivity contribution in [3.8, 4) is 0 Å². The Hall–Kier alpha value is -7.04. The van der Waals surface area contributed by atoms with Crippen LogP contribution in [0.4, 0.5) is 0 Å². The zero-order valence-electron chi connectivity index (χ0n) is 42.8. The van der Waals surface area contributed by atoms with Crippen LogP contribution in [0.2, 0.25) is 0 Å². The van der Waals surface area contributed by atoms with Gasteiger partial charge in [0.25, 0.3) is 0 Å². The quantitative estimate of drug-likeness (QED) is 0.111. The fraction of sp³-hybridized carbons (Fsp3) is 0.462. The zero-order valence-corrected chi connectivity index (χ0v) is 42.8. The van der Waals surface area contributed by atoms with Crippen molar-refractivity contribution < 1.29 is 40.6 Å². The van der Waals surface area contributed by atoms with E-state index in [2.05, 4.69) is 138 Å². The van der Waals surface area contributed by atoms with Crippen molar-refractivity contribution in [3.63, 3.8) is 0 Å². The standard InChI is InChI=1S/C7H10O.5C6H9NO.3C5H7NO/c1-2-4-7-5-3-6-8-7;1-5(2)6-3-7-8-4-6;1-5(2)6-3-4-8-7-6;1-5(2)6-3-4-7-8-6;1-2-3-6-4-7-8-5-6;1-2-3-6-4-5-8-7-6;1-2-5-3-6-7-4-5;1-2-5-3-4-7-6-5;1-2-5-3-4-6-7-5/h3,5-6H,2,4H2,1H3;3*3-5H,1-2H3;2*4-5H,2-3H2,1H3;3*3-4H,2H2,1H3. The van der Waals surface area contributed by atoms with Gasteiger partial charge in [-0.2, -0.15) is 0 Å². The van der Waals surface area contributed by atoms with Crippen LogP contribution in [0.15, 0.2) is 158 Å². The van der Waals surface area contributed by atoms with Crippen molar-refractivity contribution in [2.24, 2.45) is 0 Å². The van der Waals surface area contributed by atoms with Crippen LogP contribution in [0.1, 0.15) is 171 Å². The summed E-state index contributed by atoms with van der Waals surface area (Å²) in [7, 11) is 0. The summed E-state index contributed by atoms with van der Waals surface area (Å²) in [6.07, 6.45) is 29.5. The Kier molecular flexibility index (Phi) is 34.8. The lowest BCUT2D eigenvalue weighted by atomic mass is 10.1. The Morgan fingerprint density at radius 1 is 0.435 bits per heavy atom. The number of rotatable bonds is 12. The molecule has 9 aromatic heterocycles. The second-order valence-corrected chi connectivity index (χ2v) is 15.7. The highest BCUT2D eigenvalue weighted by atomic mass is 16.5. The fourth-order valence-electron chi connectivity index (χ4n) is 4.75. The highest BCUT2D eigenvalue weighted by molar-refractivity contribution is 5.05. The number of hydrogen-bond donors (Lipinski definition) is 0. The first-order valence-electron chi connectivity index (χ1n) is 23.7. The van der Waals surface area contributed by atoms with Crippen molar-refractivity contribution in [2.75, 3.05) is 0 Å². The van der Waals surface area contributed by atoms with Gasteiger partial charge in [0, 0.05) is 65.8 Å². The minimum Gasteiger partial charge on any atom is -0.469 e. The summed E-state index contributed by atoms with van der Waals surface area (Å²) in [5.41, 5.74) is 6.58. The highest BCUT2D eigenvalue weighted by Gasteiger charge is 2.01. The first-order valence-corrected chi connectivity index (χ1v) is 23.7. The molecule has 0 spiro atoms. The lowest BCUT2D eigenvalue weighted by molar-refractivity contribution is 0.371. The first-order chi connectivity index (χ1) is 33.5. The number of hydrogen-bond acceptors (Lipinski definition) is 17. The molecule has 378 valence electrons. The van der Waals surface area contributed by atoms with Gasteiger partial charge in [-0.3, -0.25) is 0 Å². The third-order valence-corrected chi connectivity index (χ3v) is 8.88. The molecular formula is C52H76N8O9. The highest BCUT2D eigenvalue weighted by Crippen LogP contribution is 2.12. The summed E-state index contributed by atoms with van der Waals surface area (Å²) in [5.74, 6) is 4.45. The van der Waals surface area contributed by atoms with Gasteiger partial charge >= 0.3 is 0 Å². The smallest absolute Gasteiger partial charge is 0.139 e. The molecule has 0 saturated heterocycles. The molecule has 9 aromatic rings. The molecule has 69 heavy (non-hydrogen) atoms. The van der Waals surface area contributed by atoms with Gasteiger partial charge in [0.15, 0.2) is 0 Å². The van der Waals surface area contributed by atoms with E-state index in [-0.39, 0.29) is 0 Å². The van der Waals surface area contributed by atoms with Gasteiger partial charge in [-0.15, -0.1) is 0 Å². The molecule has 0 aliphatic heterocycles. The Bertz CT molecular complexity index is 1970. The van der Waals surface area contributed by atoms with Crippen LogP contribution in [0.5, 0.6) is 0 Å². The van der Waals surface area contributed by atoms with Crippen LogP contribution in [0.3, 0.4) is 0 Å². The van der Waals surface area contributed by atoms with E-state index in [9.17, 15) is 0 Å². The topological polar surface area (TPSA) is 221 Å². The van der Waals surface area contributed by atoms with Gasteiger partial charge in [-0.25, -0.2) is 0 Å². The SMILES string of the molecule is CC(C)c1ccno1.CC(C)c1ccon1.CC(C)c1cnoc1.CCCc1ccco1.CCCc1ccon1.CCCc1cnoc1.CCc1ccno1.CCc1ccon1.CCc1cnoc1. The normalized spacial score (nSPS) is 9.78. The molecule has 0 aromatic carbocycles. The van der Waals surface area contributed by atoms with Crippen LogP contribution < -0.4 is 0 Å². The van der Waals surface area contributed by atoms with E-state index >= 15 is 0 Å². The Morgan fingerprint density at radius 2 is 1.03 bits per heavy atom. The number of aromatic nitrogens is 8. The monoisotopic (exact) mass is 957 g/mol. The zero-order chi connectivity index (χ0) is 50.7. The van der Waals surface area contributed by atoms with Crippen LogP contribution >= 0.6 is 0 Å². The number of aryl methyl sites for hydroxylation is 6. The fourth-order valence-corrected chi connectivity index (χ4v) is 4.75. The van der Waals surface area contributed by atoms with Crippen molar-refractivity contribution in [3.05, 3.63) is 168 Å². The van der Waals surface area contributed by atoms with Crippen molar-refractivity contribution in [1.29, 1.82) is 0 Å². The molecule has 0 aliphatic rings. The Balaban J connectivity index is 0.000000388. The molecular weight excluding hydrogens is 881 g/mol. The van der Waals surface area contributed by atoms with Crippen molar-refractivity contribution in [1.82, 2.24) is 41.3 Å². The summed E-state index contributed by atoms with van der Waals surface area (Å²) in [4.78, 5) is 0. The molecule has 0 fully saturated rings. The van der Waals surface area contributed by atoms with Gasteiger partial charge < -0.3 is 40.6 Å². The van der Waals surface area contributed by atoms with Gasteiger partial charge in [-0.1, -0.05) is 137 Å². The van der Waals surface area contributed by atoms with Crippen LogP contribution in [0, 0.1) is 0 Å². The maximum absolute atomic E-state index is 5.07. The van der Waals surface area contributed by atoms with Gasteiger partial charge in [-0.05, 0) is 56.1 Å². The van der Waals surface area contributed by atoms with E-state index in [4.69, 9.17) is 13.5 Å². The van der Waals surface area contributed by atoms with Crippen molar-refractivity contribution >= 4 is 0 Å². The lowest BCUT2D eigenvalue weighted by Gasteiger charge is -1.93. The molecule has 0 aliphatic carbocycles. The second kappa shape index (κ2) is 40.1. The van der Waals surface area contributed by atoms with Crippen LogP contribution in [0.25, 0.3) is 0 Å². The van der Waals surface area contributed by atoms with E-state index in [1.165, 1.54) is 5.56 Å². The van der Waals surface area contributed by atoms with E-state index in [0.29, 0.717) is 17.8 Å². The molecule has 0 amide bonds. The summed E-state index contributed by atoms with van der Waals surface area (Å²) >= 11 is 0. The molecule has 17 heteroatoms. The van der Waals surface area contributed by atoms with Gasteiger partial charge in [0.05, 0.1) is 54.3 Å². The van der Waals surface area contributed by atoms with E-state index in [0.717, 1.165) is 103 Å². The van der Waals surface area contributed by atoms with Gasteiger partial charge in [0.1, 0.15) is 54.9 Å². The predicted octanol–water partition coefficient (Wildman–Crippen LogP) is 14.6. The summed E-state index contributed by atoms with van der Waals surface area (Å²) < 4.78 is 42.2. The van der Waals surface area contributed by atoms with Crippen LogP contribution in [-0.4, -0.2) is 41.3 Å². The molecule has 9 heterocycles. The largest absolute Gasteiger partial charge is 0.469 e. The molecule has 9 rings (SSSR count). The van der Waals surface area contributed by atoms with E-state index < -0.39 is 0 Å². The molecule has 0 unspecified atom stereocenters. The Morgan fingerprint density at radius 3 is 1.35 bits per heavy atom. The third-order valence-electron chi connectivity index (χ3n) is 8.88. The number of nitrogens with zero attached hydrogens (tertiary/aromatic N) is 8. The summed E-state index contributed by atoms with van der Waals surface area (Å²) in [6, 6.07) is 13.3. The molecule has 0 N–H and O–H groups in total. The maximum Gasteiger partial charge on any atom is 0.139 e. The molecule has 0 bridgehead atoms. The van der Waals surface area contributed by atoms with Crippen LogP contribution in [-0.2, 0) is 38.5 Å². The van der Waals surface area contributed by atoms with Gasteiger partial charge in [0.2, 0.25) is 0 Å². The minimum atomic E-state index is 0.456. The lowest BCUT2D eigenvalue weighted by Crippen LogP contribution is -1.83. The molecule has 0 atom stereocenters. The Labute approximate surface area is 407 Å². The van der Waals surface area contributed by atoms with E-state index in [1.54, 1.807) is 74.8 Å². The predicted molar refractivity (Wildman–Crippen MR) is 263 cm³/mol. The van der Waals surface area contributed by atoms with Crippen molar-refractivity contribution in [2.45, 2.75) is 159 Å². The third kappa shape index (κ3) is 30.8.